The van der Waals surface area contributed by atoms with Crippen LogP contribution in [0.25, 0.3) is 0 Å². The average molecular weight is 258 g/mol. The molecule has 0 aliphatic carbocycles. The third-order valence-corrected chi connectivity index (χ3v) is 2.40. The molecule has 1 rings (SSSR count). The molecule has 5 nitrogen and oxygen atoms in total. The van der Waals surface area contributed by atoms with Gasteiger partial charge in [0.2, 0.25) is 0 Å². The van der Waals surface area contributed by atoms with Crippen molar-refractivity contribution in [2.45, 2.75) is 33.2 Å². The van der Waals surface area contributed by atoms with Crippen molar-refractivity contribution in [3.8, 4) is 0 Å². The Labute approximate surface area is 105 Å². The van der Waals surface area contributed by atoms with Crippen LogP contribution >= 0.6 is 11.6 Å². The van der Waals surface area contributed by atoms with Gasteiger partial charge < -0.3 is 5.32 Å². The number of anilines is 1. The predicted molar refractivity (Wildman–Crippen MR) is 68.4 cm³/mol. The Kier molecular flexibility index (Phi) is 4.69. The van der Waals surface area contributed by atoms with E-state index in [1.165, 1.54) is 12.1 Å². The second-order valence-electron chi connectivity index (χ2n) is 4.47. The molecule has 0 saturated heterocycles. The van der Waals surface area contributed by atoms with Gasteiger partial charge in [0.05, 0.1) is 17.1 Å². The maximum absolute atomic E-state index is 10.7. The molecule has 0 amide bonds. The number of nitro groups is 1. The van der Waals surface area contributed by atoms with Crippen molar-refractivity contribution in [2.75, 3.05) is 5.32 Å². The maximum atomic E-state index is 10.7. The summed E-state index contributed by atoms with van der Waals surface area (Å²) in [6.07, 6.45) is 0.960. The normalized spacial score (nSPS) is 12.5. The van der Waals surface area contributed by atoms with E-state index < -0.39 is 4.92 Å². The molecule has 0 aliphatic rings. The van der Waals surface area contributed by atoms with Crippen molar-refractivity contribution < 1.29 is 4.92 Å². The van der Waals surface area contributed by atoms with Gasteiger partial charge in [0.25, 0.3) is 5.69 Å². The highest BCUT2D eigenvalue weighted by atomic mass is 35.5. The lowest BCUT2D eigenvalue weighted by Gasteiger charge is -2.16. The number of aromatic nitrogens is 1. The highest BCUT2D eigenvalue weighted by Crippen LogP contribution is 2.21. The second kappa shape index (κ2) is 5.82. The van der Waals surface area contributed by atoms with Crippen molar-refractivity contribution in [3.05, 3.63) is 27.4 Å². The van der Waals surface area contributed by atoms with Crippen molar-refractivity contribution in [1.29, 1.82) is 0 Å². The smallest absolute Gasteiger partial charge is 0.276 e. The van der Waals surface area contributed by atoms with Crippen LogP contribution in [0.2, 0.25) is 5.15 Å². The first-order valence-electron chi connectivity index (χ1n) is 5.47. The third kappa shape index (κ3) is 4.56. The van der Waals surface area contributed by atoms with Crippen LogP contribution in [0.3, 0.4) is 0 Å². The van der Waals surface area contributed by atoms with Gasteiger partial charge in [0.1, 0.15) is 11.0 Å². The molecule has 1 atom stereocenters. The van der Waals surface area contributed by atoms with E-state index in [4.69, 9.17) is 11.6 Å². The molecule has 6 heteroatoms. The SMILES string of the molecule is CC(C)CC(C)Nc1cc([N+](=O)[O-])cc(Cl)n1. The lowest BCUT2D eigenvalue weighted by molar-refractivity contribution is -0.384. The standard InChI is InChI=1S/C11H16ClN3O2/c1-7(2)4-8(3)13-11-6-9(15(16)17)5-10(12)14-11/h5-8H,4H2,1-3H3,(H,13,14). The zero-order valence-electron chi connectivity index (χ0n) is 10.1. The second-order valence-corrected chi connectivity index (χ2v) is 4.85. The summed E-state index contributed by atoms with van der Waals surface area (Å²) in [4.78, 5) is 14.2. The molecule has 94 valence electrons. The number of hydrogen-bond acceptors (Lipinski definition) is 4. The first kappa shape index (κ1) is 13.7. The number of nitrogens with zero attached hydrogens (tertiary/aromatic N) is 2. The Morgan fingerprint density at radius 1 is 1.47 bits per heavy atom. The highest BCUT2D eigenvalue weighted by Gasteiger charge is 2.12. The number of halogens is 1. The first-order chi connectivity index (χ1) is 7.88. The zero-order valence-corrected chi connectivity index (χ0v) is 10.9. The van der Waals surface area contributed by atoms with Crippen LogP contribution in [0.4, 0.5) is 11.5 Å². The molecule has 0 aliphatic heterocycles. The first-order valence-corrected chi connectivity index (χ1v) is 5.84. The van der Waals surface area contributed by atoms with Crippen molar-refractivity contribution in [1.82, 2.24) is 4.98 Å². The fourth-order valence-electron chi connectivity index (χ4n) is 1.68. The molecule has 0 spiro atoms. The molecule has 1 unspecified atom stereocenters. The summed E-state index contributed by atoms with van der Waals surface area (Å²) < 4.78 is 0. The fraction of sp³-hybridized carbons (Fsp3) is 0.545. The van der Waals surface area contributed by atoms with Crippen molar-refractivity contribution >= 4 is 23.1 Å². The molecule has 0 fully saturated rings. The predicted octanol–water partition coefficient (Wildman–Crippen LogP) is 3.49. The zero-order chi connectivity index (χ0) is 13.0. The number of pyridine rings is 1. The lowest BCUT2D eigenvalue weighted by atomic mass is 10.1. The Morgan fingerprint density at radius 2 is 2.12 bits per heavy atom. The van der Waals surface area contributed by atoms with E-state index in [0.717, 1.165) is 6.42 Å². The van der Waals surface area contributed by atoms with E-state index in [9.17, 15) is 10.1 Å². The molecule has 0 bridgehead atoms. The van der Waals surface area contributed by atoms with Crippen LogP contribution in [0.5, 0.6) is 0 Å². The topological polar surface area (TPSA) is 68.1 Å². The number of rotatable bonds is 5. The van der Waals surface area contributed by atoms with Gasteiger partial charge in [-0.15, -0.1) is 0 Å². The minimum absolute atomic E-state index is 0.0516. The summed E-state index contributed by atoms with van der Waals surface area (Å²) in [5, 5.41) is 13.9. The number of nitrogens with one attached hydrogen (secondary N) is 1. The molecule has 0 aromatic carbocycles. The van der Waals surface area contributed by atoms with Gasteiger partial charge in [-0.2, -0.15) is 0 Å². The molecule has 17 heavy (non-hydrogen) atoms. The largest absolute Gasteiger partial charge is 0.367 e. The summed E-state index contributed by atoms with van der Waals surface area (Å²) >= 11 is 5.73. The molecule has 0 saturated carbocycles. The van der Waals surface area contributed by atoms with E-state index in [1.807, 2.05) is 6.92 Å². The highest BCUT2D eigenvalue weighted by molar-refractivity contribution is 6.29. The van der Waals surface area contributed by atoms with E-state index in [2.05, 4.69) is 24.1 Å². The lowest BCUT2D eigenvalue weighted by Crippen LogP contribution is -2.18. The van der Waals surface area contributed by atoms with Gasteiger partial charge >= 0.3 is 0 Å². The average Bonchev–Trinajstić information content (AvgIpc) is 2.14. The summed E-state index contributed by atoms with van der Waals surface area (Å²) in [6, 6.07) is 2.82. The van der Waals surface area contributed by atoms with Crippen LogP contribution in [0.1, 0.15) is 27.2 Å². The van der Waals surface area contributed by atoms with E-state index in [0.29, 0.717) is 11.7 Å². The van der Waals surface area contributed by atoms with Crippen molar-refractivity contribution in [3.63, 3.8) is 0 Å². The Morgan fingerprint density at radius 3 is 2.65 bits per heavy atom. The monoisotopic (exact) mass is 257 g/mol. The summed E-state index contributed by atoms with van der Waals surface area (Å²) in [7, 11) is 0. The molecular formula is C11H16ClN3O2. The molecule has 1 aromatic rings. The minimum Gasteiger partial charge on any atom is -0.367 e. The summed E-state index contributed by atoms with van der Waals surface area (Å²) in [5.74, 6) is 0.990. The summed E-state index contributed by atoms with van der Waals surface area (Å²) in [6.45, 7) is 6.24. The van der Waals surface area contributed by atoms with Gasteiger partial charge in [-0.1, -0.05) is 25.4 Å². The van der Waals surface area contributed by atoms with Crippen LogP contribution in [-0.4, -0.2) is 15.9 Å². The van der Waals surface area contributed by atoms with Crippen LogP contribution in [0, 0.1) is 16.0 Å². The Bertz CT molecular complexity index is 410. The van der Waals surface area contributed by atoms with Crippen LogP contribution in [-0.2, 0) is 0 Å². The molecule has 1 heterocycles. The Balaban J connectivity index is 2.80. The van der Waals surface area contributed by atoms with E-state index >= 15 is 0 Å². The fourth-order valence-corrected chi connectivity index (χ4v) is 1.88. The third-order valence-electron chi connectivity index (χ3n) is 2.21. The molecular weight excluding hydrogens is 242 g/mol. The molecule has 1 N–H and O–H groups in total. The number of hydrogen-bond donors (Lipinski definition) is 1. The Hall–Kier alpha value is -1.36. The molecule has 0 radical (unpaired) electrons. The quantitative estimate of drug-likeness (QED) is 0.498. The van der Waals surface area contributed by atoms with Gasteiger partial charge in [0.15, 0.2) is 0 Å². The van der Waals surface area contributed by atoms with Gasteiger partial charge in [0, 0.05) is 6.04 Å². The van der Waals surface area contributed by atoms with Crippen LogP contribution < -0.4 is 5.32 Å². The van der Waals surface area contributed by atoms with E-state index in [1.54, 1.807) is 0 Å². The van der Waals surface area contributed by atoms with Crippen molar-refractivity contribution in [2.24, 2.45) is 5.92 Å². The van der Waals surface area contributed by atoms with Gasteiger partial charge in [-0.25, -0.2) is 4.98 Å². The van der Waals surface area contributed by atoms with Gasteiger partial charge in [-0.3, -0.25) is 10.1 Å². The van der Waals surface area contributed by atoms with Crippen LogP contribution in [0.15, 0.2) is 12.1 Å². The maximum Gasteiger partial charge on any atom is 0.276 e. The summed E-state index contributed by atoms with van der Waals surface area (Å²) in [5.41, 5.74) is -0.0516. The van der Waals surface area contributed by atoms with Gasteiger partial charge in [-0.05, 0) is 19.3 Å². The minimum atomic E-state index is -0.480. The molecule has 1 aromatic heterocycles. The van der Waals surface area contributed by atoms with E-state index in [-0.39, 0.29) is 16.9 Å².